The monoisotopic (exact) mass is 325 g/mol. The molecule has 2 amide bonds. The van der Waals surface area contributed by atoms with Crippen LogP contribution in [0.25, 0.3) is 0 Å². The van der Waals surface area contributed by atoms with E-state index in [0.717, 1.165) is 0 Å². The lowest BCUT2D eigenvalue weighted by molar-refractivity contribution is -0.385. The van der Waals surface area contributed by atoms with Crippen LogP contribution in [0.5, 0.6) is 0 Å². The van der Waals surface area contributed by atoms with Crippen LogP contribution in [0.4, 0.5) is 16.2 Å². The maximum Gasteiger partial charge on any atom is 0.319 e. The molecule has 0 aromatic heterocycles. The Morgan fingerprint density at radius 2 is 2.09 bits per heavy atom. The summed E-state index contributed by atoms with van der Waals surface area (Å²) in [5.41, 5.74) is 0.653. The molecule has 23 heavy (non-hydrogen) atoms. The van der Waals surface area contributed by atoms with E-state index in [-0.39, 0.29) is 18.8 Å². The third-order valence-electron chi connectivity index (χ3n) is 3.01. The molecular formula is C15H23N3O5. The highest BCUT2D eigenvalue weighted by Gasteiger charge is 2.15. The number of nitro benzene ring substituents is 1. The molecule has 0 spiro atoms. The van der Waals surface area contributed by atoms with Crippen LogP contribution in [-0.4, -0.2) is 41.9 Å². The van der Waals surface area contributed by atoms with Gasteiger partial charge in [0.25, 0.3) is 5.69 Å². The predicted octanol–water partition coefficient (Wildman–Crippen LogP) is 2.06. The van der Waals surface area contributed by atoms with Crippen LogP contribution in [0, 0.1) is 23.0 Å². The van der Waals surface area contributed by atoms with Crippen LogP contribution >= 0.6 is 0 Å². The average Bonchev–Trinajstić information content (AvgIpc) is 2.46. The number of nitrogens with zero attached hydrogens (tertiary/aromatic N) is 1. The number of nitrogens with one attached hydrogen (secondary N) is 2. The Morgan fingerprint density at radius 1 is 1.39 bits per heavy atom. The van der Waals surface area contributed by atoms with Crippen molar-refractivity contribution in [2.24, 2.45) is 5.92 Å². The van der Waals surface area contributed by atoms with E-state index >= 15 is 0 Å². The van der Waals surface area contributed by atoms with Gasteiger partial charge in [-0.15, -0.1) is 0 Å². The molecule has 128 valence electrons. The summed E-state index contributed by atoms with van der Waals surface area (Å²) in [6.45, 7) is 6.25. The second-order valence-electron chi connectivity index (χ2n) is 5.63. The Balaban J connectivity index is 2.45. The topological polar surface area (TPSA) is 114 Å². The summed E-state index contributed by atoms with van der Waals surface area (Å²) in [5, 5.41) is 25.6. The molecule has 0 aliphatic heterocycles. The molecule has 1 aromatic carbocycles. The normalized spacial score (nSPS) is 12.0. The molecular weight excluding hydrogens is 302 g/mol. The molecule has 0 bridgehead atoms. The van der Waals surface area contributed by atoms with Gasteiger partial charge in [-0.05, 0) is 18.9 Å². The zero-order valence-electron chi connectivity index (χ0n) is 13.5. The summed E-state index contributed by atoms with van der Waals surface area (Å²) in [6, 6.07) is 3.89. The minimum Gasteiger partial charge on any atom is -0.389 e. The molecule has 1 rings (SSSR count). The van der Waals surface area contributed by atoms with Gasteiger partial charge in [0.1, 0.15) is 0 Å². The molecule has 0 aliphatic rings. The van der Waals surface area contributed by atoms with Crippen molar-refractivity contribution in [3.8, 4) is 0 Å². The van der Waals surface area contributed by atoms with E-state index in [9.17, 15) is 20.0 Å². The fourth-order valence-electron chi connectivity index (χ4n) is 1.83. The minimum atomic E-state index is -0.814. The number of benzene rings is 1. The van der Waals surface area contributed by atoms with Crippen LogP contribution in [0.3, 0.4) is 0 Å². The third kappa shape index (κ3) is 6.62. The standard InChI is InChI=1S/C15H23N3O5/c1-10(2)8-23-9-12(19)7-16-15(20)17-13-5-4-6-14(11(13)3)18(21)22/h4-6,10,12,19H,7-9H2,1-3H3,(H2,16,17,20). The molecule has 1 unspecified atom stereocenters. The fourth-order valence-corrected chi connectivity index (χ4v) is 1.83. The summed E-state index contributed by atoms with van der Waals surface area (Å²) in [4.78, 5) is 22.1. The second-order valence-corrected chi connectivity index (χ2v) is 5.63. The molecule has 1 aromatic rings. The summed E-state index contributed by atoms with van der Waals surface area (Å²) in [6.07, 6.45) is -0.814. The van der Waals surface area contributed by atoms with Crippen molar-refractivity contribution in [2.75, 3.05) is 25.1 Å². The molecule has 1 atom stereocenters. The molecule has 0 radical (unpaired) electrons. The number of amides is 2. The molecule has 0 heterocycles. The highest BCUT2D eigenvalue weighted by Crippen LogP contribution is 2.24. The number of anilines is 1. The zero-order valence-corrected chi connectivity index (χ0v) is 13.5. The lowest BCUT2D eigenvalue weighted by atomic mass is 10.1. The van der Waals surface area contributed by atoms with Gasteiger partial charge in [-0.25, -0.2) is 4.79 Å². The summed E-state index contributed by atoms with van der Waals surface area (Å²) in [5.74, 6) is 0.371. The van der Waals surface area contributed by atoms with Crippen LogP contribution in [0.2, 0.25) is 0 Å². The van der Waals surface area contributed by atoms with Crippen molar-refractivity contribution in [1.29, 1.82) is 0 Å². The Kier molecular flexibility index (Phi) is 7.43. The van der Waals surface area contributed by atoms with E-state index in [1.165, 1.54) is 12.1 Å². The predicted molar refractivity (Wildman–Crippen MR) is 86.5 cm³/mol. The van der Waals surface area contributed by atoms with Crippen molar-refractivity contribution < 1.29 is 19.6 Å². The summed E-state index contributed by atoms with van der Waals surface area (Å²) < 4.78 is 5.27. The average molecular weight is 325 g/mol. The first kappa shape index (κ1) is 18.9. The number of carbonyl (C=O) groups excluding carboxylic acids is 1. The number of carbonyl (C=O) groups is 1. The van der Waals surface area contributed by atoms with Crippen LogP contribution in [-0.2, 0) is 4.74 Å². The molecule has 0 aliphatic carbocycles. The SMILES string of the molecule is Cc1c(NC(=O)NCC(O)COCC(C)C)cccc1[N+](=O)[O-]. The maximum atomic E-state index is 11.8. The van der Waals surface area contributed by atoms with E-state index in [4.69, 9.17) is 4.74 Å². The van der Waals surface area contributed by atoms with Crippen molar-refractivity contribution in [3.05, 3.63) is 33.9 Å². The van der Waals surface area contributed by atoms with Crippen molar-refractivity contribution in [3.63, 3.8) is 0 Å². The number of urea groups is 1. The van der Waals surface area contributed by atoms with Gasteiger partial charge >= 0.3 is 6.03 Å². The third-order valence-corrected chi connectivity index (χ3v) is 3.01. The van der Waals surface area contributed by atoms with Gasteiger partial charge in [0.2, 0.25) is 0 Å². The number of hydrogen-bond acceptors (Lipinski definition) is 5. The molecule has 0 saturated carbocycles. The highest BCUT2D eigenvalue weighted by molar-refractivity contribution is 5.90. The number of aliphatic hydroxyl groups excluding tert-OH is 1. The van der Waals surface area contributed by atoms with Gasteiger partial charge in [0.05, 0.1) is 28.9 Å². The summed E-state index contributed by atoms with van der Waals surface area (Å²) in [7, 11) is 0. The first-order chi connectivity index (χ1) is 10.8. The fraction of sp³-hybridized carbons (Fsp3) is 0.533. The number of nitro groups is 1. The van der Waals surface area contributed by atoms with Crippen LogP contribution < -0.4 is 10.6 Å². The van der Waals surface area contributed by atoms with Crippen LogP contribution in [0.15, 0.2) is 18.2 Å². The molecule has 0 fully saturated rings. The Bertz CT molecular complexity index is 548. The summed E-state index contributed by atoms with van der Waals surface area (Å²) >= 11 is 0. The first-order valence-corrected chi connectivity index (χ1v) is 7.36. The minimum absolute atomic E-state index is 0.0257. The van der Waals surface area contributed by atoms with Gasteiger partial charge in [0, 0.05) is 19.2 Å². The zero-order chi connectivity index (χ0) is 17.4. The maximum absolute atomic E-state index is 11.8. The Morgan fingerprint density at radius 3 is 2.70 bits per heavy atom. The smallest absolute Gasteiger partial charge is 0.319 e. The Hall–Kier alpha value is -2.19. The lowest BCUT2D eigenvalue weighted by Crippen LogP contribution is -2.37. The molecule has 8 nitrogen and oxygen atoms in total. The first-order valence-electron chi connectivity index (χ1n) is 7.36. The van der Waals surface area contributed by atoms with Gasteiger partial charge in [-0.2, -0.15) is 0 Å². The lowest BCUT2D eigenvalue weighted by Gasteiger charge is -2.14. The highest BCUT2D eigenvalue weighted by atomic mass is 16.6. The van der Waals surface area contributed by atoms with Crippen LogP contribution in [0.1, 0.15) is 19.4 Å². The number of ether oxygens (including phenoxy) is 1. The molecule has 8 heteroatoms. The Labute approximate surface area is 135 Å². The van der Waals surface area contributed by atoms with E-state index in [0.29, 0.717) is 23.8 Å². The van der Waals surface area contributed by atoms with Crippen molar-refractivity contribution in [2.45, 2.75) is 26.9 Å². The number of rotatable bonds is 8. The molecule has 0 saturated heterocycles. The van der Waals surface area contributed by atoms with Crippen molar-refractivity contribution >= 4 is 17.4 Å². The van der Waals surface area contributed by atoms with E-state index < -0.39 is 17.1 Å². The van der Waals surface area contributed by atoms with E-state index in [2.05, 4.69) is 10.6 Å². The van der Waals surface area contributed by atoms with E-state index in [1.54, 1.807) is 13.0 Å². The van der Waals surface area contributed by atoms with Gasteiger partial charge in [-0.1, -0.05) is 19.9 Å². The molecule has 3 N–H and O–H groups in total. The number of hydrogen-bond donors (Lipinski definition) is 3. The number of aliphatic hydroxyl groups is 1. The van der Waals surface area contributed by atoms with Crippen molar-refractivity contribution in [1.82, 2.24) is 5.32 Å². The largest absolute Gasteiger partial charge is 0.389 e. The van der Waals surface area contributed by atoms with Gasteiger partial charge in [-0.3, -0.25) is 10.1 Å². The second kappa shape index (κ2) is 9.06. The van der Waals surface area contributed by atoms with Gasteiger partial charge < -0.3 is 20.5 Å². The van der Waals surface area contributed by atoms with Gasteiger partial charge in [0.15, 0.2) is 0 Å². The quantitative estimate of drug-likeness (QED) is 0.500. The van der Waals surface area contributed by atoms with E-state index in [1.807, 2.05) is 13.8 Å².